The van der Waals surface area contributed by atoms with Crippen LogP contribution in [0.1, 0.15) is 47.0 Å². The van der Waals surface area contributed by atoms with Gasteiger partial charge in [-0.15, -0.1) is 0 Å². The average Bonchev–Trinajstić information content (AvgIpc) is 2.97. The molecule has 2 aliphatic rings. The SMILES string of the molecule is CC1C(N)CCN(C(C)(C)C2CC2)C1C. The summed E-state index contributed by atoms with van der Waals surface area (Å²) in [5.41, 5.74) is 6.54. The summed E-state index contributed by atoms with van der Waals surface area (Å²) in [6.45, 7) is 10.7. The van der Waals surface area contributed by atoms with Crippen molar-refractivity contribution < 1.29 is 0 Å². The number of rotatable bonds is 2. The standard InChI is InChI=1S/C13H26N2/c1-9-10(2)15(8-7-12(9)14)13(3,4)11-5-6-11/h9-12H,5-8,14H2,1-4H3. The smallest absolute Gasteiger partial charge is 0.0184 e. The first-order valence-electron chi connectivity index (χ1n) is 6.47. The van der Waals surface area contributed by atoms with E-state index < -0.39 is 0 Å². The molecule has 2 N–H and O–H groups in total. The molecule has 1 heterocycles. The van der Waals surface area contributed by atoms with E-state index in [0.717, 1.165) is 5.92 Å². The van der Waals surface area contributed by atoms with Gasteiger partial charge in [-0.25, -0.2) is 0 Å². The highest BCUT2D eigenvalue weighted by atomic mass is 15.2. The molecule has 1 saturated heterocycles. The highest BCUT2D eigenvalue weighted by Crippen LogP contribution is 2.45. The Hall–Kier alpha value is -0.0800. The Balaban J connectivity index is 2.09. The molecule has 3 unspecified atom stereocenters. The lowest BCUT2D eigenvalue weighted by Gasteiger charge is -2.50. The van der Waals surface area contributed by atoms with Crippen molar-refractivity contribution in [2.45, 2.75) is 64.6 Å². The molecule has 2 rings (SSSR count). The van der Waals surface area contributed by atoms with Crippen molar-refractivity contribution in [2.24, 2.45) is 17.6 Å². The van der Waals surface area contributed by atoms with Crippen LogP contribution in [-0.4, -0.2) is 29.1 Å². The van der Waals surface area contributed by atoms with Gasteiger partial charge in [-0.3, -0.25) is 4.90 Å². The highest BCUT2D eigenvalue weighted by Gasteiger charge is 2.46. The molecule has 2 nitrogen and oxygen atoms in total. The summed E-state index contributed by atoms with van der Waals surface area (Å²) in [5.74, 6) is 1.57. The Labute approximate surface area is 94.2 Å². The van der Waals surface area contributed by atoms with Crippen LogP contribution in [0.2, 0.25) is 0 Å². The van der Waals surface area contributed by atoms with E-state index >= 15 is 0 Å². The summed E-state index contributed by atoms with van der Waals surface area (Å²) in [6, 6.07) is 1.05. The molecule has 0 aromatic carbocycles. The highest BCUT2D eigenvalue weighted by molar-refractivity contribution is 5.01. The van der Waals surface area contributed by atoms with Gasteiger partial charge in [0.15, 0.2) is 0 Å². The quantitative estimate of drug-likeness (QED) is 0.757. The van der Waals surface area contributed by atoms with E-state index in [4.69, 9.17) is 5.73 Å². The lowest BCUT2D eigenvalue weighted by molar-refractivity contribution is -0.000363. The molecular weight excluding hydrogens is 184 g/mol. The normalized spacial score (nSPS) is 39.4. The maximum absolute atomic E-state index is 6.14. The van der Waals surface area contributed by atoms with Gasteiger partial charge in [-0.2, -0.15) is 0 Å². The Morgan fingerprint density at radius 1 is 1.13 bits per heavy atom. The van der Waals surface area contributed by atoms with Crippen molar-refractivity contribution in [3.05, 3.63) is 0 Å². The van der Waals surface area contributed by atoms with Crippen molar-refractivity contribution in [1.82, 2.24) is 4.90 Å². The molecule has 0 spiro atoms. The van der Waals surface area contributed by atoms with E-state index in [-0.39, 0.29) is 0 Å². The van der Waals surface area contributed by atoms with Crippen LogP contribution < -0.4 is 5.73 Å². The van der Waals surface area contributed by atoms with E-state index in [9.17, 15) is 0 Å². The molecule has 0 amide bonds. The maximum atomic E-state index is 6.14. The first kappa shape index (κ1) is 11.4. The van der Waals surface area contributed by atoms with Crippen molar-refractivity contribution in [2.75, 3.05) is 6.54 Å². The molecule has 0 aromatic rings. The number of hydrogen-bond acceptors (Lipinski definition) is 2. The van der Waals surface area contributed by atoms with Crippen LogP contribution in [0, 0.1) is 11.8 Å². The third kappa shape index (κ3) is 1.94. The molecule has 1 aliphatic heterocycles. The van der Waals surface area contributed by atoms with Gasteiger partial charge in [-0.1, -0.05) is 6.92 Å². The predicted octanol–water partition coefficient (Wildman–Crippen LogP) is 2.23. The first-order chi connectivity index (χ1) is 6.94. The van der Waals surface area contributed by atoms with Gasteiger partial charge in [-0.05, 0) is 51.9 Å². The minimum Gasteiger partial charge on any atom is -0.327 e. The van der Waals surface area contributed by atoms with Crippen molar-refractivity contribution in [3.63, 3.8) is 0 Å². The minimum atomic E-state index is 0.397. The van der Waals surface area contributed by atoms with Crippen LogP contribution >= 0.6 is 0 Å². The summed E-state index contributed by atoms with van der Waals surface area (Å²) in [6.07, 6.45) is 4.02. The van der Waals surface area contributed by atoms with E-state index in [0.29, 0.717) is 23.5 Å². The van der Waals surface area contributed by atoms with Crippen molar-refractivity contribution in [1.29, 1.82) is 0 Å². The molecular formula is C13H26N2. The van der Waals surface area contributed by atoms with E-state index in [1.807, 2.05) is 0 Å². The fourth-order valence-electron chi connectivity index (χ4n) is 3.23. The van der Waals surface area contributed by atoms with E-state index in [1.54, 1.807) is 0 Å². The van der Waals surface area contributed by atoms with Crippen molar-refractivity contribution >= 4 is 0 Å². The number of nitrogens with zero attached hydrogens (tertiary/aromatic N) is 1. The lowest BCUT2D eigenvalue weighted by Crippen LogP contribution is -2.59. The molecule has 2 fully saturated rings. The van der Waals surface area contributed by atoms with Crippen LogP contribution in [0.4, 0.5) is 0 Å². The second kappa shape index (κ2) is 3.74. The Morgan fingerprint density at radius 3 is 2.27 bits per heavy atom. The molecule has 2 heteroatoms. The third-order valence-corrected chi connectivity index (χ3v) is 4.95. The lowest BCUT2D eigenvalue weighted by atomic mass is 9.82. The first-order valence-corrected chi connectivity index (χ1v) is 6.47. The number of piperidine rings is 1. The molecule has 0 radical (unpaired) electrons. The van der Waals surface area contributed by atoms with Crippen LogP contribution in [0.5, 0.6) is 0 Å². The van der Waals surface area contributed by atoms with Gasteiger partial charge < -0.3 is 5.73 Å². The van der Waals surface area contributed by atoms with Gasteiger partial charge in [0.25, 0.3) is 0 Å². The summed E-state index contributed by atoms with van der Waals surface area (Å²) in [4.78, 5) is 2.71. The molecule has 0 aromatic heterocycles. The van der Waals surface area contributed by atoms with Gasteiger partial charge in [0.05, 0.1) is 0 Å². The topological polar surface area (TPSA) is 29.3 Å². The fourth-order valence-corrected chi connectivity index (χ4v) is 3.23. The molecule has 88 valence electrons. The second-order valence-corrected chi connectivity index (χ2v) is 6.17. The zero-order valence-corrected chi connectivity index (χ0v) is 10.7. The van der Waals surface area contributed by atoms with E-state index in [1.165, 1.54) is 25.8 Å². The third-order valence-electron chi connectivity index (χ3n) is 4.95. The Morgan fingerprint density at radius 2 is 1.73 bits per heavy atom. The Bertz CT molecular complexity index is 233. The number of nitrogens with two attached hydrogens (primary N) is 1. The van der Waals surface area contributed by atoms with Crippen LogP contribution in [0.25, 0.3) is 0 Å². The molecule has 3 atom stereocenters. The molecule has 1 saturated carbocycles. The second-order valence-electron chi connectivity index (χ2n) is 6.17. The van der Waals surface area contributed by atoms with Crippen LogP contribution in [-0.2, 0) is 0 Å². The number of hydrogen-bond donors (Lipinski definition) is 1. The summed E-state index contributed by atoms with van der Waals surface area (Å²) in [5, 5.41) is 0. The maximum Gasteiger partial charge on any atom is 0.0184 e. The van der Waals surface area contributed by atoms with Gasteiger partial charge in [0, 0.05) is 24.2 Å². The molecule has 1 aliphatic carbocycles. The Kier molecular flexibility index (Phi) is 2.85. The van der Waals surface area contributed by atoms with Gasteiger partial charge >= 0.3 is 0 Å². The summed E-state index contributed by atoms with van der Waals surface area (Å²) >= 11 is 0. The summed E-state index contributed by atoms with van der Waals surface area (Å²) in [7, 11) is 0. The fraction of sp³-hybridized carbons (Fsp3) is 1.00. The van der Waals surface area contributed by atoms with Gasteiger partial charge in [0.2, 0.25) is 0 Å². The zero-order valence-electron chi connectivity index (χ0n) is 10.7. The number of likely N-dealkylation sites (tertiary alicyclic amines) is 1. The summed E-state index contributed by atoms with van der Waals surface area (Å²) < 4.78 is 0. The zero-order chi connectivity index (χ0) is 11.2. The monoisotopic (exact) mass is 210 g/mol. The van der Waals surface area contributed by atoms with Gasteiger partial charge in [0.1, 0.15) is 0 Å². The average molecular weight is 210 g/mol. The van der Waals surface area contributed by atoms with Crippen LogP contribution in [0.3, 0.4) is 0 Å². The van der Waals surface area contributed by atoms with Crippen LogP contribution in [0.15, 0.2) is 0 Å². The minimum absolute atomic E-state index is 0.397. The predicted molar refractivity (Wildman–Crippen MR) is 64.7 cm³/mol. The largest absolute Gasteiger partial charge is 0.327 e. The van der Waals surface area contributed by atoms with Crippen molar-refractivity contribution in [3.8, 4) is 0 Å². The molecule has 15 heavy (non-hydrogen) atoms. The molecule has 0 bridgehead atoms. The van der Waals surface area contributed by atoms with E-state index in [2.05, 4.69) is 32.6 Å².